The van der Waals surface area contributed by atoms with E-state index in [0.29, 0.717) is 30.0 Å². The van der Waals surface area contributed by atoms with Crippen molar-refractivity contribution in [1.82, 2.24) is 14.7 Å². The van der Waals surface area contributed by atoms with Crippen LogP contribution < -0.4 is 21.1 Å². The van der Waals surface area contributed by atoms with Crippen molar-refractivity contribution in [3.8, 4) is 17.0 Å². The number of hydrogen-bond acceptors (Lipinski definition) is 4. The second-order valence-corrected chi connectivity index (χ2v) is 7.24. The molecule has 3 aromatic rings. The first-order valence-electron chi connectivity index (χ1n) is 9.75. The van der Waals surface area contributed by atoms with Crippen molar-refractivity contribution in [2.75, 3.05) is 18.4 Å². The Morgan fingerprint density at radius 3 is 2.74 bits per heavy atom. The highest BCUT2D eigenvalue weighted by molar-refractivity contribution is 5.90. The summed E-state index contributed by atoms with van der Waals surface area (Å²) in [4.78, 5) is 16.4. The molecule has 0 saturated carbocycles. The highest BCUT2D eigenvalue weighted by Crippen LogP contribution is 2.30. The Labute approximate surface area is 177 Å². The highest BCUT2D eigenvalue weighted by Gasteiger charge is 2.27. The molecule has 10 heteroatoms. The number of imidazole rings is 1. The number of ether oxygens (including phenoxy) is 1. The maximum absolute atomic E-state index is 12.4. The van der Waals surface area contributed by atoms with Gasteiger partial charge in [-0.2, -0.15) is 13.2 Å². The van der Waals surface area contributed by atoms with Gasteiger partial charge >= 0.3 is 12.2 Å². The third-order valence-electron chi connectivity index (χ3n) is 4.31. The number of urea groups is 1. The molecule has 31 heavy (non-hydrogen) atoms. The van der Waals surface area contributed by atoms with Crippen LogP contribution in [0.15, 0.2) is 42.7 Å². The molecule has 0 bridgehead atoms. The summed E-state index contributed by atoms with van der Waals surface area (Å²) >= 11 is 0. The lowest BCUT2D eigenvalue weighted by atomic mass is 10.1. The van der Waals surface area contributed by atoms with E-state index in [-0.39, 0.29) is 6.10 Å². The quantitative estimate of drug-likeness (QED) is 0.523. The van der Waals surface area contributed by atoms with E-state index in [2.05, 4.69) is 10.3 Å². The summed E-state index contributed by atoms with van der Waals surface area (Å²) in [7, 11) is 0. The second kappa shape index (κ2) is 9.25. The first kappa shape index (κ1) is 22.4. The molecule has 3 rings (SSSR count). The van der Waals surface area contributed by atoms with Crippen LogP contribution in [-0.2, 0) is 6.42 Å². The molecule has 0 fully saturated rings. The number of nitrogens with zero attached hydrogens (tertiary/aromatic N) is 2. The highest BCUT2D eigenvalue weighted by atomic mass is 19.4. The predicted octanol–water partition coefficient (Wildman–Crippen LogP) is 3.97. The van der Waals surface area contributed by atoms with Crippen LogP contribution in [0.2, 0.25) is 0 Å². The largest absolute Gasteiger partial charge is 0.491 e. The van der Waals surface area contributed by atoms with Crippen molar-refractivity contribution >= 4 is 17.4 Å². The van der Waals surface area contributed by atoms with Crippen molar-refractivity contribution < 1.29 is 22.7 Å². The zero-order valence-electron chi connectivity index (χ0n) is 17.2. The fraction of sp³-hybridized carbons (Fsp3) is 0.333. The number of nitrogens with one attached hydrogen (secondary N) is 2. The van der Waals surface area contributed by atoms with Crippen LogP contribution in [0.25, 0.3) is 16.9 Å². The Morgan fingerprint density at radius 2 is 2.06 bits per heavy atom. The zero-order chi connectivity index (χ0) is 22.6. The Bertz CT molecular complexity index is 1060. The summed E-state index contributed by atoms with van der Waals surface area (Å²) in [5.41, 5.74) is 9.15. The van der Waals surface area contributed by atoms with Gasteiger partial charge in [0.05, 0.1) is 18.0 Å². The van der Waals surface area contributed by atoms with Gasteiger partial charge in [-0.1, -0.05) is 6.07 Å². The Hall–Kier alpha value is -3.27. The van der Waals surface area contributed by atoms with Crippen molar-refractivity contribution in [2.24, 2.45) is 5.73 Å². The van der Waals surface area contributed by atoms with Gasteiger partial charge in [0.25, 0.3) is 0 Å². The van der Waals surface area contributed by atoms with E-state index in [1.165, 1.54) is 0 Å². The molecule has 0 saturated heterocycles. The van der Waals surface area contributed by atoms with Crippen LogP contribution in [0.1, 0.15) is 19.4 Å². The molecule has 4 N–H and O–H groups in total. The molecule has 0 aliphatic heterocycles. The molecule has 0 atom stereocenters. The van der Waals surface area contributed by atoms with E-state index >= 15 is 0 Å². The van der Waals surface area contributed by atoms with Gasteiger partial charge in [-0.15, -0.1) is 0 Å². The van der Waals surface area contributed by atoms with Gasteiger partial charge in [0.15, 0.2) is 0 Å². The molecule has 0 unspecified atom stereocenters. The molecule has 0 radical (unpaired) electrons. The van der Waals surface area contributed by atoms with Gasteiger partial charge in [0.2, 0.25) is 0 Å². The Morgan fingerprint density at radius 1 is 1.29 bits per heavy atom. The van der Waals surface area contributed by atoms with E-state index in [1.807, 2.05) is 36.6 Å². The summed E-state index contributed by atoms with van der Waals surface area (Å²) in [6.07, 6.45) is -0.416. The number of nitrogens with two attached hydrogens (primary N) is 1. The van der Waals surface area contributed by atoms with E-state index in [1.54, 1.807) is 29.7 Å². The fourth-order valence-corrected chi connectivity index (χ4v) is 3.15. The summed E-state index contributed by atoms with van der Waals surface area (Å²) in [5.74, 6) is 0.465. The molecular formula is C21H24F3N5O2. The topological polar surface area (TPSA) is 93.7 Å². The lowest BCUT2D eigenvalue weighted by molar-refractivity contribution is -0.122. The number of anilines is 1. The summed E-state index contributed by atoms with van der Waals surface area (Å²) in [6.45, 7) is 2.76. The molecule has 2 aromatic heterocycles. The first-order valence-corrected chi connectivity index (χ1v) is 9.75. The van der Waals surface area contributed by atoms with Crippen LogP contribution in [0.5, 0.6) is 5.75 Å². The zero-order valence-corrected chi connectivity index (χ0v) is 17.2. The van der Waals surface area contributed by atoms with Crippen LogP contribution >= 0.6 is 0 Å². The van der Waals surface area contributed by atoms with Gasteiger partial charge in [0.1, 0.15) is 17.9 Å². The minimum atomic E-state index is -4.50. The number of halogens is 3. The first-order chi connectivity index (χ1) is 14.7. The Balaban J connectivity index is 1.96. The van der Waals surface area contributed by atoms with Gasteiger partial charge in [-0.25, -0.2) is 9.78 Å². The minimum Gasteiger partial charge on any atom is -0.491 e. The third-order valence-corrected chi connectivity index (χ3v) is 4.31. The Kier molecular flexibility index (Phi) is 6.69. The standard InChI is InChI=1S/C21H24F3N5O2/c1-13(2)31-17-9-15(8-16(10-17)28-20(30)27-12-21(22,23)24)18-11-26-19-14(5-6-25)4-3-7-29(18)19/h3-4,7-11,13H,5-6,12,25H2,1-2H3,(H2,27,28,30). The molecule has 7 nitrogen and oxygen atoms in total. The van der Waals surface area contributed by atoms with Crippen molar-refractivity contribution in [2.45, 2.75) is 32.5 Å². The van der Waals surface area contributed by atoms with Crippen molar-refractivity contribution in [3.05, 3.63) is 48.3 Å². The smallest absolute Gasteiger partial charge is 0.405 e. The number of amides is 2. The monoisotopic (exact) mass is 435 g/mol. The SMILES string of the molecule is CC(C)Oc1cc(NC(=O)NCC(F)(F)F)cc(-c2cnc3c(CCN)cccn23)c1. The number of hydrogen-bond donors (Lipinski definition) is 3. The van der Waals surface area contributed by atoms with E-state index in [9.17, 15) is 18.0 Å². The van der Waals surface area contributed by atoms with Crippen LogP contribution in [0.3, 0.4) is 0 Å². The third kappa shape index (κ3) is 5.88. The average Bonchev–Trinajstić information content (AvgIpc) is 3.10. The molecule has 0 aliphatic rings. The lowest BCUT2D eigenvalue weighted by Gasteiger charge is -2.15. The second-order valence-electron chi connectivity index (χ2n) is 7.24. The van der Waals surface area contributed by atoms with Gasteiger partial charge in [0, 0.05) is 23.5 Å². The van der Waals surface area contributed by atoms with Gasteiger partial charge in [-0.3, -0.25) is 4.40 Å². The molecule has 2 amide bonds. The predicted molar refractivity (Wildman–Crippen MR) is 112 cm³/mol. The maximum atomic E-state index is 12.4. The number of carbonyl (C=O) groups excluding carboxylic acids is 1. The normalized spacial score (nSPS) is 11.7. The fourth-order valence-electron chi connectivity index (χ4n) is 3.15. The number of aromatic nitrogens is 2. The number of carbonyl (C=O) groups is 1. The average molecular weight is 435 g/mol. The van der Waals surface area contributed by atoms with Crippen LogP contribution in [0, 0.1) is 0 Å². The summed E-state index contributed by atoms with van der Waals surface area (Å²) in [5, 5.41) is 4.23. The summed E-state index contributed by atoms with van der Waals surface area (Å²) in [6, 6.07) is 7.88. The lowest BCUT2D eigenvalue weighted by Crippen LogP contribution is -2.36. The van der Waals surface area contributed by atoms with Gasteiger partial charge < -0.3 is 21.1 Å². The molecule has 0 spiro atoms. The van der Waals surface area contributed by atoms with E-state index < -0.39 is 18.8 Å². The van der Waals surface area contributed by atoms with Crippen LogP contribution in [0.4, 0.5) is 23.7 Å². The number of pyridine rings is 1. The van der Waals surface area contributed by atoms with E-state index in [4.69, 9.17) is 10.5 Å². The van der Waals surface area contributed by atoms with E-state index in [0.717, 1.165) is 16.9 Å². The number of benzene rings is 1. The van der Waals surface area contributed by atoms with Crippen LogP contribution in [-0.4, -0.2) is 40.8 Å². The molecule has 1 aromatic carbocycles. The summed E-state index contributed by atoms with van der Waals surface area (Å²) < 4.78 is 44.8. The van der Waals surface area contributed by atoms with Crippen molar-refractivity contribution in [3.63, 3.8) is 0 Å². The van der Waals surface area contributed by atoms with Gasteiger partial charge in [-0.05, 0) is 50.6 Å². The number of alkyl halides is 3. The minimum absolute atomic E-state index is 0.138. The van der Waals surface area contributed by atoms with Crippen molar-refractivity contribution in [1.29, 1.82) is 0 Å². The molecule has 166 valence electrons. The molecular weight excluding hydrogens is 411 g/mol. The molecule has 0 aliphatic carbocycles. The maximum Gasteiger partial charge on any atom is 0.405 e. The molecule has 2 heterocycles. The number of rotatable bonds is 7. The number of fused-ring (bicyclic) bond motifs is 1.